The van der Waals surface area contributed by atoms with Crippen LogP contribution in [-0.4, -0.2) is 48.3 Å². The van der Waals surface area contributed by atoms with Crippen molar-refractivity contribution in [3.8, 4) is 5.75 Å². The van der Waals surface area contributed by atoms with Gasteiger partial charge in [0.15, 0.2) is 5.82 Å². The highest BCUT2D eigenvalue weighted by Gasteiger charge is 2.40. The van der Waals surface area contributed by atoms with E-state index in [1.54, 1.807) is 12.1 Å². The summed E-state index contributed by atoms with van der Waals surface area (Å²) in [5.74, 6) is 2.67. The van der Waals surface area contributed by atoms with Crippen molar-refractivity contribution in [2.75, 3.05) is 10.6 Å². The van der Waals surface area contributed by atoms with Gasteiger partial charge in [-0.25, -0.2) is 4.98 Å². The zero-order valence-electron chi connectivity index (χ0n) is 19.2. The number of phenolic OH excluding ortho intramolecular Hbond substituents is 1. The highest BCUT2D eigenvalue weighted by molar-refractivity contribution is 5.91. The summed E-state index contributed by atoms with van der Waals surface area (Å²) in [6.45, 7) is 2.92. The Balaban J connectivity index is 1.21. The van der Waals surface area contributed by atoms with E-state index < -0.39 is 0 Å². The third-order valence-electron chi connectivity index (χ3n) is 7.09. The maximum atomic E-state index is 9.59. The number of fused-ring (bicyclic) bond motifs is 3. The van der Waals surface area contributed by atoms with Crippen LogP contribution in [0.1, 0.15) is 36.9 Å². The number of nitrogens with one attached hydrogen (secondary N) is 3. The van der Waals surface area contributed by atoms with E-state index in [0.717, 1.165) is 53.4 Å². The molecule has 2 saturated heterocycles. The Morgan fingerprint density at radius 2 is 1.85 bits per heavy atom. The molecule has 8 nitrogen and oxygen atoms in total. The molecule has 6 rings (SSSR count). The second-order valence-electron chi connectivity index (χ2n) is 9.52. The fraction of sp³-hybridized carbons (Fsp3) is 0.346. The van der Waals surface area contributed by atoms with Crippen LogP contribution in [0.2, 0.25) is 0 Å². The van der Waals surface area contributed by atoms with Gasteiger partial charge in [-0.3, -0.25) is 15.0 Å². The van der Waals surface area contributed by atoms with Gasteiger partial charge in [-0.05, 0) is 62.4 Å². The van der Waals surface area contributed by atoms with Gasteiger partial charge in [0.05, 0.1) is 5.52 Å². The number of aromatic nitrogens is 4. The van der Waals surface area contributed by atoms with Crippen LogP contribution in [0, 0.1) is 6.92 Å². The largest absolute Gasteiger partial charge is 0.508 e. The summed E-state index contributed by atoms with van der Waals surface area (Å²) in [5, 5.41) is 24.9. The number of hydrogen-bond acceptors (Lipinski definition) is 7. The van der Waals surface area contributed by atoms with Gasteiger partial charge in [0, 0.05) is 54.1 Å². The molecule has 3 atom stereocenters. The second kappa shape index (κ2) is 8.61. The van der Waals surface area contributed by atoms with Crippen LogP contribution >= 0.6 is 0 Å². The molecule has 0 saturated carbocycles. The summed E-state index contributed by atoms with van der Waals surface area (Å²) in [6.07, 6.45) is 6.46. The van der Waals surface area contributed by atoms with Gasteiger partial charge in [0.2, 0.25) is 0 Å². The summed E-state index contributed by atoms with van der Waals surface area (Å²) in [4.78, 5) is 12.1. The number of phenols is 1. The molecule has 5 heterocycles. The molecular weight excluding hydrogens is 426 g/mol. The van der Waals surface area contributed by atoms with Crippen molar-refractivity contribution in [3.63, 3.8) is 0 Å². The molecule has 1 unspecified atom stereocenters. The zero-order valence-corrected chi connectivity index (χ0v) is 19.2. The zero-order chi connectivity index (χ0) is 23.1. The molecular formula is C26H29N7O. The Hall–Kier alpha value is -3.65. The predicted octanol–water partition coefficient (Wildman–Crippen LogP) is 4.72. The summed E-state index contributed by atoms with van der Waals surface area (Å²) in [6, 6.07) is 17.1. The lowest BCUT2D eigenvalue weighted by Crippen LogP contribution is -2.46. The maximum Gasteiger partial charge on any atom is 0.153 e. The van der Waals surface area contributed by atoms with E-state index in [1.165, 1.54) is 18.4 Å². The maximum absolute atomic E-state index is 9.59. The minimum atomic E-state index is 0.322. The predicted molar refractivity (Wildman–Crippen MR) is 133 cm³/mol. The second-order valence-corrected chi connectivity index (χ2v) is 9.52. The summed E-state index contributed by atoms with van der Waals surface area (Å²) in [5.41, 5.74) is 3.16. The number of hydrogen-bond donors (Lipinski definition) is 4. The molecule has 4 N–H and O–H groups in total. The molecule has 34 heavy (non-hydrogen) atoms. The van der Waals surface area contributed by atoms with E-state index >= 15 is 0 Å². The van der Waals surface area contributed by atoms with Crippen LogP contribution in [0.5, 0.6) is 5.75 Å². The normalized spacial score (nSPS) is 22.2. The summed E-state index contributed by atoms with van der Waals surface area (Å²) in [7, 11) is 0. The monoisotopic (exact) mass is 455 g/mol. The van der Waals surface area contributed by atoms with E-state index in [-0.39, 0.29) is 0 Å². The molecule has 2 aliphatic rings. The number of aromatic amines is 1. The Bertz CT molecular complexity index is 1290. The SMILES string of the molecule is Cc1cc(Nc2cc3ncccc3c(NC3C[C@H]4CC[C@@H](C3)N4Cc3ccc(O)cc3)n2)n[nH]1. The van der Waals surface area contributed by atoms with Crippen LogP contribution in [0.3, 0.4) is 0 Å². The third kappa shape index (κ3) is 4.17. The van der Waals surface area contributed by atoms with E-state index in [2.05, 4.69) is 36.8 Å². The van der Waals surface area contributed by atoms with Gasteiger partial charge in [-0.15, -0.1) is 0 Å². The molecule has 3 aromatic heterocycles. The minimum absolute atomic E-state index is 0.322. The molecule has 0 amide bonds. The molecule has 4 aromatic rings. The average molecular weight is 456 g/mol. The quantitative estimate of drug-likeness (QED) is 0.334. The number of piperidine rings is 1. The first-order chi connectivity index (χ1) is 16.6. The van der Waals surface area contributed by atoms with Gasteiger partial charge in [0.1, 0.15) is 17.4 Å². The van der Waals surface area contributed by atoms with Crippen molar-refractivity contribution < 1.29 is 5.11 Å². The van der Waals surface area contributed by atoms with Crippen LogP contribution in [0.4, 0.5) is 17.5 Å². The topological polar surface area (TPSA) is 102 Å². The van der Waals surface area contributed by atoms with Gasteiger partial charge >= 0.3 is 0 Å². The van der Waals surface area contributed by atoms with Crippen LogP contribution in [-0.2, 0) is 6.54 Å². The highest BCUT2D eigenvalue weighted by Crippen LogP contribution is 2.38. The van der Waals surface area contributed by atoms with Crippen molar-refractivity contribution in [1.29, 1.82) is 0 Å². The lowest BCUT2D eigenvalue weighted by Gasteiger charge is -2.39. The molecule has 2 bridgehead atoms. The number of rotatable bonds is 6. The van der Waals surface area contributed by atoms with Gasteiger partial charge in [0.25, 0.3) is 0 Å². The minimum Gasteiger partial charge on any atom is -0.508 e. The van der Waals surface area contributed by atoms with Crippen LogP contribution < -0.4 is 10.6 Å². The molecule has 2 aliphatic heterocycles. The van der Waals surface area contributed by atoms with E-state index in [9.17, 15) is 5.11 Å². The summed E-state index contributed by atoms with van der Waals surface area (Å²) >= 11 is 0. The lowest BCUT2D eigenvalue weighted by molar-refractivity contribution is 0.124. The first-order valence-electron chi connectivity index (χ1n) is 12.0. The Morgan fingerprint density at radius 3 is 2.59 bits per heavy atom. The molecule has 0 spiro atoms. The fourth-order valence-corrected chi connectivity index (χ4v) is 5.52. The number of aromatic hydroxyl groups is 1. The number of anilines is 3. The first-order valence-corrected chi connectivity index (χ1v) is 12.0. The number of aryl methyl sites for hydroxylation is 1. The van der Waals surface area contributed by atoms with Gasteiger partial charge in [-0.2, -0.15) is 5.10 Å². The number of H-pyrrole nitrogens is 1. The Morgan fingerprint density at radius 1 is 1.06 bits per heavy atom. The molecule has 2 fully saturated rings. The third-order valence-corrected chi connectivity index (χ3v) is 7.09. The number of pyridine rings is 2. The summed E-state index contributed by atoms with van der Waals surface area (Å²) < 4.78 is 0. The lowest BCUT2D eigenvalue weighted by atomic mass is 9.96. The van der Waals surface area contributed by atoms with Crippen molar-refractivity contribution in [3.05, 3.63) is 66.0 Å². The molecule has 0 aliphatic carbocycles. The first kappa shape index (κ1) is 20.9. The molecule has 8 heteroatoms. The van der Waals surface area contributed by atoms with E-state index in [4.69, 9.17) is 4.98 Å². The molecule has 1 aromatic carbocycles. The van der Waals surface area contributed by atoms with Crippen molar-refractivity contribution >= 4 is 28.4 Å². The van der Waals surface area contributed by atoms with Gasteiger partial charge < -0.3 is 15.7 Å². The molecule has 0 radical (unpaired) electrons. The van der Waals surface area contributed by atoms with Crippen molar-refractivity contribution in [2.24, 2.45) is 0 Å². The standard InChI is InChI=1S/C26H29N7O/c1-16-11-25(32-31-16)29-24-14-23-22(3-2-10-27-23)26(30-24)28-18-12-19-6-7-20(13-18)33(19)15-17-4-8-21(34)9-5-17/h2-5,8-11,14,18-20,34H,6-7,12-13,15H2,1H3,(H3,28,29,30,31,32)/t18?,19-,20+. The number of nitrogens with zero attached hydrogens (tertiary/aromatic N) is 4. The van der Waals surface area contributed by atoms with Crippen molar-refractivity contribution in [1.82, 2.24) is 25.1 Å². The van der Waals surface area contributed by atoms with Crippen LogP contribution in [0.25, 0.3) is 10.9 Å². The highest BCUT2D eigenvalue weighted by atomic mass is 16.3. The van der Waals surface area contributed by atoms with E-state index in [0.29, 0.717) is 23.9 Å². The van der Waals surface area contributed by atoms with Crippen LogP contribution in [0.15, 0.2) is 54.7 Å². The Labute approximate surface area is 198 Å². The van der Waals surface area contributed by atoms with E-state index in [1.807, 2.05) is 43.5 Å². The smallest absolute Gasteiger partial charge is 0.153 e. The Kier molecular flexibility index (Phi) is 5.30. The van der Waals surface area contributed by atoms with Gasteiger partial charge in [-0.1, -0.05) is 12.1 Å². The average Bonchev–Trinajstić information content (AvgIpc) is 3.33. The number of benzene rings is 1. The molecule has 174 valence electrons. The fourth-order valence-electron chi connectivity index (χ4n) is 5.52. The van der Waals surface area contributed by atoms with Crippen molar-refractivity contribution in [2.45, 2.75) is 57.3 Å².